The Morgan fingerprint density at radius 2 is 2.31 bits per heavy atom. The first kappa shape index (κ1) is 9.85. The second kappa shape index (κ2) is 3.66. The van der Waals surface area contributed by atoms with Crippen LogP contribution in [0.15, 0.2) is 0 Å². The average molecular weight is 184 g/mol. The smallest absolute Gasteiger partial charge is 0.237 e. The Kier molecular flexibility index (Phi) is 2.77. The zero-order valence-corrected chi connectivity index (χ0v) is 7.37. The Hall–Kier alpha value is -1.23. The Bertz CT molecular complexity index is 262. The molecule has 5 nitrogen and oxygen atoms in total. The predicted octanol–water partition coefficient (Wildman–Crippen LogP) is -1.04. The molecule has 2 amide bonds. The number of amides is 2. The van der Waals surface area contributed by atoms with E-state index in [0.29, 0.717) is 6.42 Å². The quantitative estimate of drug-likeness (QED) is 0.433. The van der Waals surface area contributed by atoms with E-state index >= 15 is 0 Å². The molecule has 1 heterocycles. The zero-order valence-electron chi connectivity index (χ0n) is 7.37. The molecular weight excluding hydrogens is 172 g/mol. The fourth-order valence-electron chi connectivity index (χ4n) is 1.24. The van der Waals surface area contributed by atoms with Crippen molar-refractivity contribution in [1.82, 2.24) is 5.32 Å². The summed E-state index contributed by atoms with van der Waals surface area (Å²) in [6, 6.07) is -0.637. The van der Waals surface area contributed by atoms with Gasteiger partial charge in [-0.3, -0.25) is 19.7 Å². The van der Waals surface area contributed by atoms with Crippen LogP contribution in [-0.2, 0) is 14.4 Å². The minimum Gasteiger partial charge on any atom is -0.321 e. The summed E-state index contributed by atoms with van der Waals surface area (Å²) in [7, 11) is 0. The number of nitrogens with two attached hydrogens (primary N) is 1. The number of nitrogens with one attached hydrogen (secondary N) is 1. The molecule has 72 valence electrons. The summed E-state index contributed by atoms with van der Waals surface area (Å²) in [6.07, 6.45) is 0.433. The van der Waals surface area contributed by atoms with Crippen molar-refractivity contribution in [2.45, 2.75) is 25.8 Å². The van der Waals surface area contributed by atoms with Gasteiger partial charge in [0.05, 0.1) is 6.04 Å². The van der Waals surface area contributed by atoms with Crippen molar-refractivity contribution in [3.05, 3.63) is 0 Å². The summed E-state index contributed by atoms with van der Waals surface area (Å²) in [5.74, 6) is -2.11. The molecule has 5 heteroatoms. The van der Waals surface area contributed by atoms with E-state index in [2.05, 4.69) is 5.32 Å². The molecule has 0 radical (unpaired) electrons. The van der Waals surface area contributed by atoms with E-state index in [1.165, 1.54) is 0 Å². The van der Waals surface area contributed by atoms with Crippen LogP contribution in [0, 0.1) is 5.92 Å². The maximum atomic E-state index is 11.4. The van der Waals surface area contributed by atoms with E-state index in [0.717, 1.165) is 0 Å². The van der Waals surface area contributed by atoms with Crippen LogP contribution in [0.3, 0.4) is 0 Å². The molecule has 1 rings (SSSR count). The zero-order chi connectivity index (χ0) is 10.0. The number of rotatable bonds is 3. The number of carbonyl (C=O) groups is 3. The van der Waals surface area contributed by atoms with Gasteiger partial charge in [0.2, 0.25) is 11.8 Å². The third-order valence-corrected chi connectivity index (χ3v) is 2.12. The van der Waals surface area contributed by atoms with Gasteiger partial charge in [0.1, 0.15) is 5.92 Å². The number of ketones is 1. The van der Waals surface area contributed by atoms with E-state index in [1.807, 2.05) is 0 Å². The second-order valence-electron chi connectivity index (χ2n) is 3.09. The minimum atomic E-state index is -0.859. The largest absolute Gasteiger partial charge is 0.321 e. The van der Waals surface area contributed by atoms with Crippen LogP contribution in [0.1, 0.15) is 19.8 Å². The molecule has 0 aromatic rings. The number of imide groups is 1. The highest BCUT2D eigenvalue weighted by molar-refractivity contribution is 6.15. The summed E-state index contributed by atoms with van der Waals surface area (Å²) in [4.78, 5) is 33.2. The number of hydrogen-bond acceptors (Lipinski definition) is 4. The maximum absolute atomic E-state index is 11.4. The van der Waals surface area contributed by atoms with Crippen LogP contribution < -0.4 is 11.1 Å². The normalized spacial score (nSPS) is 24.3. The first-order chi connectivity index (χ1) is 6.06. The van der Waals surface area contributed by atoms with Crippen molar-refractivity contribution in [1.29, 1.82) is 0 Å². The molecular formula is C8H12N2O3. The third-order valence-electron chi connectivity index (χ3n) is 2.12. The molecule has 13 heavy (non-hydrogen) atoms. The van der Waals surface area contributed by atoms with Gasteiger partial charge in [0, 0.05) is 6.42 Å². The highest BCUT2D eigenvalue weighted by Crippen LogP contribution is 2.13. The standard InChI is InChI=1S/C8H12N2O3/c1-2-5(9)7(12)4-3-6(11)10-8(4)13/h4-5H,2-3,9H2,1H3,(H,10,11,13). The van der Waals surface area contributed by atoms with E-state index < -0.39 is 23.8 Å². The average Bonchev–Trinajstić information content (AvgIpc) is 2.42. The molecule has 0 aliphatic carbocycles. The van der Waals surface area contributed by atoms with Gasteiger partial charge in [-0.05, 0) is 6.42 Å². The molecule has 0 saturated carbocycles. The molecule has 0 spiro atoms. The van der Waals surface area contributed by atoms with Crippen molar-refractivity contribution < 1.29 is 14.4 Å². The second-order valence-corrected chi connectivity index (χ2v) is 3.09. The van der Waals surface area contributed by atoms with Crippen molar-refractivity contribution in [3.8, 4) is 0 Å². The topological polar surface area (TPSA) is 89.3 Å². The van der Waals surface area contributed by atoms with Crippen molar-refractivity contribution in [3.63, 3.8) is 0 Å². The molecule has 0 bridgehead atoms. The van der Waals surface area contributed by atoms with E-state index in [4.69, 9.17) is 5.73 Å². The Balaban J connectivity index is 2.67. The van der Waals surface area contributed by atoms with Crippen LogP contribution in [0.2, 0.25) is 0 Å². The van der Waals surface area contributed by atoms with Crippen molar-refractivity contribution >= 4 is 17.6 Å². The molecule has 0 aromatic carbocycles. The lowest BCUT2D eigenvalue weighted by Gasteiger charge is -2.10. The maximum Gasteiger partial charge on any atom is 0.237 e. The van der Waals surface area contributed by atoms with Gasteiger partial charge in [-0.15, -0.1) is 0 Å². The highest BCUT2D eigenvalue weighted by atomic mass is 16.2. The number of Topliss-reactive ketones (excluding diaryl/α,β-unsaturated/α-hetero) is 1. The van der Waals surface area contributed by atoms with Crippen LogP contribution in [0.4, 0.5) is 0 Å². The Labute approximate surface area is 75.7 Å². The molecule has 1 aliphatic heterocycles. The Morgan fingerprint density at radius 3 is 2.69 bits per heavy atom. The fraction of sp³-hybridized carbons (Fsp3) is 0.625. The highest BCUT2D eigenvalue weighted by Gasteiger charge is 2.37. The Morgan fingerprint density at radius 1 is 1.69 bits per heavy atom. The monoisotopic (exact) mass is 184 g/mol. The van der Waals surface area contributed by atoms with Gasteiger partial charge in [0.15, 0.2) is 5.78 Å². The van der Waals surface area contributed by atoms with E-state index in [1.54, 1.807) is 6.92 Å². The lowest BCUT2D eigenvalue weighted by molar-refractivity contribution is -0.132. The van der Waals surface area contributed by atoms with Crippen LogP contribution in [0.25, 0.3) is 0 Å². The lowest BCUT2D eigenvalue weighted by atomic mass is 9.96. The van der Waals surface area contributed by atoms with E-state index in [9.17, 15) is 14.4 Å². The molecule has 1 aliphatic rings. The van der Waals surface area contributed by atoms with Crippen molar-refractivity contribution in [2.24, 2.45) is 11.7 Å². The van der Waals surface area contributed by atoms with Gasteiger partial charge in [-0.1, -0.05) is 6.92 Å². The SMILES string of the molecule is CCC(N)C(=O)C1CC(=O)NC1=O. The first-order valence-corrected chi connectivity index (χ1v) is 4.19. The third kappa shape index (κ3) is 1.92. The predicted molar refractivity (Wildman–Crippen MR) is 44.5 cm³/mol. The number of carbonyl (C=O) groups excluding carboxylic acids is 3. The van der Waals surface area contributed by atoms with Crippen LogP contribution >= 0.6 is 0 Å². The summed E-state index contributed by atoms with van der Waals surface area (Å²) < 4.78 is 0. The summed E-state index contributed by atoms with van der Waals surface area (Å²) in [5.41, 5.74) is 5.46. The first-order valence-electron chi connectivity index (χ1n) is 4.19. The molecule has 0 aromatic heterocycles. The molecule has 1 fully saturated rings. The molecule has 2 unspecified atom stereocenters. The van der Waals surface area contributed by atoms with Gasteiger partial charge in [-0.2, -0.15) is 0 Å². The fourth-order valence-corrected chi connectivity index (χ4v) is 1.24. The minimum absolute atomic E-state index is 0.0502. The summed E-state index contributed by atoms with van der Waals surface area (Å²) in [6.45, 7) is 1.76. The van der Waals surface area contributed by atoms with E-state index in [-0.39, 0.29) is 12.2 Å². The van der Waals surface area contributed by atoms with Gasteiger partial charge in [0.25, 0.3) is 0 Å². The van der Waals surface area contributed by atoms with Gasteiger partial charge >= 0.3 is 0 Å². The van der Waals surface area contributed by atoms with Crippen LogP contribution in [0.5, 0.6) is 0 Å². The number of hydrogen-bond donors (Lipinski definition) is 2. The molecule has 2 atom stereocenters. The van der Waals surface area contributed by atoms with Gasteiger partial charge < -0.3 is 5.73 Å². The van der Waals surface area contributed by atoms with Gasteiger partial charge in [-0.25, -0.2) is 0 Å². The molecule has 1 saturated heterocycles. The van der Waals surface area contributed by atoms with Crippen molar-refractivity contribution in [2.75, 3.05) is 0 Å². The summed E-state index contributed by atoms with van der Waals surface area (Å²) >= 11 is 0. The van der Waals surface area contributed by atoms with Crippen LogP contribution in [-0.4, -0.2) is 23.6 Å². The summed E-state index contributed by atoms with van der Waals surface area (Å²) in [5, 5.41) is 2.07. The molecule has 3 N–H and O–H groups in total. The lowest BCUT2D eigenvalue weighted by Crippen LogP contribution is -2.38.